The van der Waals surface area contributed by atoms with E-state index in [1.165, 1.54) is 23.9 Å². The number of carbonyl (C=O) groups is 2. The van der Waals surface area contributed by atoms with E-state index in [1.54, 1.807) is 55.6 Å². The Balaban J connectivity index is 2.08. The summed E-state index contributed by atoms with van der Waals surface area (Å²) in [6.07, 6.45) is 3.00. The molecule has 7 heteroatoms. The fourth-order valence-corrected chi connectivity index (χ4v) is 2.72. The molecule has 2 aromatic carbocycles. The minimum Gasteiger partial charge on any atom is -0.497 e. The fourth-order valence-electron chi connectivity index (χ4n) is 2.59. The average molecular weight is 397 g/mol. The second kappa shape index (κ2) is 8.10. The number of carboxylic acids is 1. The van der Waals surface area contributed by atoms with E-state index in [1.807, 2.05) is 0 Å². The van der Waals surface area contributed by atoms with Crippen LogP contribution in [0.5, 0.6) is 5.75 Å². The third-order valence-electron chi connectivity index (χ3n) is 4.11. The van der Waals surface area contributed by atoms with Crippen molar-refractivity contribution in [3.05, 3.63) is 76.5 Å². The zero-order valence-corrected chi connectivity index (χ0v) is 16.0. The molecule has 1 N–H and O–H groups in total. The number of carboxylic acid groups (broad SMARTS) is 1. The zero-order valence-electron chi connectivity index (χ0n) is 15.2. The van der Waals surface area contributed by atoms with Crippen molar-refractivity contribution in [2.24, 2.45) is 0 Å². The van der Waals surface area contributed by atoms with Gasteiger partial charge in [0.05, 0.1) is 7.11 Å². The van der Waals surface area contributed by atoms with E-state index < -0.39 is 5.97 Å². The maximum absolute atomic E-state index is 12.8. The number of nitrogens with zero attached hydrogens (tertiary/aromatic N) is 2. The summed E-state index contributed by atoms with van der Waals surface area (Å²) < 4.78 is 6.36. The number of benzene rings is 2. The Morgan fingerprint density at radius 2 is 1.75 bits per heavy atom. The first kappa shape index (κ1) is 19.4. The van der Waals surface area contributed by atoms with Crippen molar-refractivity contribution < 1.29 is 19.4 Å². The molecule has 6 nitrogen and oxygen atoms in total. The molecule has 0 radical (unpaired) electrons. The van der Waals surface area contributed by atoms with Gasteiger partial charge in [0.2, 0.25) is 0 Å². The number of ether oxygens (including phenoxy) is 1. The lowest BCUT2D eigenvalue weighted by molar-refractivity contribution is -0.132. The standard InChI is InChI=1S/C21H17ClN2O4/c1-13(21(26)27)11-16-12-24(20(25)15-3-7-17(22)8-4-15)23-19(16)14-5-9-18(28-2)10-6-14/h3-12H,1-2H3,(H,26,27)/b13-11+. The SMILES string of the molecule is COc1ccc(-c2nn(C(=O)c3ccc(Cl)cc3)cc2/C=C(\C)C(=O)O)cc1. The number of methoxy groups -OCH3 is 1. The van der Waals surface area contributed by atoms with Crippen molar-refractivity contribution in [2.75, 3.05) is 7.11 Å². The summed E-state index contributed by atoms with van der Waals surface area (Å²) in [6, 6.07) is 13.6. The molecule has 0 atom stereocenters. The van der Waals surface area contributed by atoms with Crippen LogP contribution >= 0.6 is 11.6 Å². The maximum atomic E-state index is 12.8. The van der Waals surface area contributed by atoms with E-state index in [4.69, 9.17) is 16.3 Å². The van der Waals surface area contributed by atoms with Crippen molar-refractivity contribution in [1.82, 2.24) is 9.78 Å². The largest absolute Gasteiger partial charge is 0.497 e. The first-order chi connectivity index (χ1) is 13.4. The molecule has 0 fully saturated rings. The van der Waals surface area contributed by atoms with Crippen molar-refractivity contribution in [1.29, 1.82) is 0 Å². The molecule has 0 aliphatic rings. The first-order valence-electron chi connectivity index (χ1n) is 8.35. The number of aromatic nitrogens is 2. The second-order valence-electron chi connectivity index (χ2n) is 6.05. The molecule has 142 valence electrons. The van der Waals surface area contributed by atoms with Gasteiger partial charge in [0.1, 0.15) is 11.4 Å². The lowest BCUT2D eigenvalue weighted by Gasteiger charge is -2.03. The van der Waals surface area contributed by atoms with Crippen LogP contribution in [0, 0.1) is 0 Å². The van der Waals surface area contributed by atoms with Gasteiger partial charge < -0.3 is 9.84 Å². The number of halogens is 1. The van der Waals surface area contributed by atoms with E-state index in [9.17, 15) is 14.7 Å². The monoisotopic (exact) mass is 396 g/mol. The molecule has 0 amide bonds. The van der Waals surface area contributed by atoms with E-state index in [2.05, 4.69) is 5.10 Å². The highest BCUT2D eigenvalue weighted by Gasteiger charge is 2.16. The number of aliphatic carboxylic acids is 1. The minimum absolute atomic E-state index is 0.133. The van der Waals surface area contributed by atoms with Crippen LogP contribution in [0.15, 0.2) is 60.3 Å². The van der Waals surface area contributed by atoms with Gasteiger partial charge in [0.25, 0.3) is 5.91 Å². The molecule has 1 heterocycles. The van der Waals surface area contributed by atoms with Crippen LogP contribution < -0.4 is 4.74 Å². The maximum Gasteiger partial charge on any atom is 0.331 e. The van der Waals surface area contributed by atoms with E-state index in [0.717, 1.165) is 5.56 Å². The van der Waals surface area contributed by atoms with Crippen molar-refractivity contribution in [3.63, 3.8) is 0 Å². The molecule has 0 saturated heterocycles. The van der Waals surface area contributed by atoms with E-state index >= 15 is 0 Å². The van der Waals surface area contributed by atoms with Gasteiger partial charge >= 0.3 is 5.97 Å². The Labute approximate surface area is 166 Å². The van der Waals surface area contributed by atoms with Gasteiger partial charge in [-0.3, -0.25) is 4.79 Å². The number of hydrogen-bond acceptors (Lipinski definition) is 4. The summed E-state index contributed by atoms with van der Waals surface area (Å²) in [5.41, 5.74) is 2.29. The Kier molecular flexibility index (Phi) is 5.61. The lowest BCUT2D eigenvalue weighted by Crippen LogP contribution is -2.12. The smallest absolute Gasteiger partial charge is 0.331 e. The third kappa shape index (κ3) is 4.13. The Morgan fingerprint density at radius 1 is 1.11 bits per heavy atom. The molecule has 0 saturated carbocycles. The summed E-state index contributed by atoms with van der Waals surface area (Å²) in [7, 11) is 1.57. The highest BCUT2D eigenvalue weighted by Crippen LogP contribution is 2.26. The molecule has 0 unspecified atom stereocenters. The molecular formula is C21H17ClN2O4. The molecule has 0 aliphatic heterocycles. The van der Waals surface area contributed by atoms with Gasteiger partial charge in [0, 0.05) is 33.5 Å². The van der Waals surface area contributed by atoms with Gasteiger partial charge in [-0.25, -0.2) is 9.48 Å². The fraction of sp³-hybridized carbons (Fsp3) is 0.0952. The number of hydrogen-bond donors (Lipinski definition) is 1. The van der Waals surface area contributed by atoms with Gasteiger partial charge in [0.15, 0.2) is 0 Å². The van der Waals surface area contributed by atoms with Crippen LogP contribution in [0.1, 0.15) is 22.8 Å². The van der Waals surface area contributed by atoms with E-state index in [0.29, 0.717) is 27.6 Å². The summed E-state index contributed by atoms with van der Waals surface area (Å²) in [4.78, 5) is 24.0. The lowest BCUT2D eigenvalue weighted by atomic mass is 10.1. The van der Waals surface area contributed by atoms with Crippen LogP contribution in [0.2, 0.25) is 5.02 Å². The summed E-state index contributed by atoms with van der Waals surface area (Å²) in [6.45, 7) is 1.48. The van der Waals surface area contributed by atoms with Crippen molar-refractivity contribution in [3.8, 4) is 17.0 Å². The van der Waals surface area contributed by atoms with Gasteiger partial charge in [-0.1, -0.05) is 11.6 Å². The molecular weight excluding hydrogens is 380 g/mol. The highest BCUT2D eigenvalue weighted by atomic mass is 35.5. The Morgan fingerprint density at radius 3 is 2.32 bits per heavy atom. The number of rotatable bonds is 5. The molecule has 28 heavy (non-hydrogen) atoms. The van der Waals surface area contributed by atoms with Crippen LogP contribution in [0.4, 0.5) is 0 Å². The molecule has 0 bridgehead atoms. The summed E-state index contributed by atoms with van der Waals surface area (Å²) in [5, 5.41) is 14.1. The Hall–Kier alpha value is -3.38. The molecule has 0 spiro atoms. The van der Waals surface area contributed by atoms with Crippen LogP contribution in [-0.4, -0.2) is 33.9 Å². The summed E-state index contributed by atoms with van der Waals surface area (Å²) >= 11 is 5.88. The quantitative estimate of drug-likeness (QED) is 0.647. The Bertz CT molecular complexity index is 1050. The normalized spacial score (nSPS) is 11.3. The first-order valence-corrected chi connectivity index (χ1v) is 8.73. The molecule has 1 aromatic heterocycles. The number of carbonyl (C=O) groups excluding carboxylic acids is 1. The molecule has 3 rings (SSSR count). The minimum atomic E-state index is -1.04. The zero-order chi connectivity index (χ0) is 20.3. The van der Waals surface area contributed by atoms with E-state index in [-0.39, 0.29) is 11.5 Å². The van der Waals surface area contributed by atoms with Crippen molar-refractivity contribution >= 4 is 29.6 Å². The molecule has 3 aromatic rings. The second-order valence-corrected chi connectivity index (χ2v) is 6.49. The van der Waals surface area contributed by atoms with Crippen LogP contribution in [0.25, 0.3) is 17.3 Å². The highest BCUT2D eigenvalue weighted by molar-refractivity contribution is 6.30. The van der Waals surface area contributed by atoms with Crippen LogP contribution in [0.3, 0.4) is 0 Å². The van der Waals surface area contributed by atoms with Gasteiger partial charge in [-0.05, 0) is 61.5 Å². The van der Waals surface area contributed by atoms with Gasteiger partial charge in [-0.2, -0.15) is 5.10 Å². The predicted octanol–water partition coefficient (Wildman–Crippen LogP) is 4.39. The topological polar surface area (TPSA) is 81.4 Å². The third-order valence-corrected chi connectivity index (χ3v) is 4.37. The predicted molar refractivity (Wildman–Crippen MR) is 107 cm³/mol. The molecule has 0 aliphatic carbocycles. The van der Waals surface area contributed by atoms with Gasteiger partial charge in [-0.15, -0.1) is 0 Å². The average Bonchev–Trinajstić information content (AvgIpc) is 3.11. The van der Waals surface area contributed by atoms with Crippen LogP contribution in [-0.2, 0) is 4.79 Å². The van der Waals surface area contributed by atoms with Crippen molar-refractivity contribution in [2.45, 2.75) is 6.92 Å². The summed E-state index contributed by atoms with van der Waals surface area (Å²) in [5.74, 6) is -0.712.